The maximum Gasteiger partial charge on any atom is 0.472 e. The summed E-state index contributed by atoms with van der Waals surface area (Å²) in [6, 6.07) is 0. The molecule has 0 bridgehead atoms. The molecule has 0 aromatic heterocycles. The average Bonchev–Trinajstić information content (AvgIpc) is 3.47. The fourth-order valence-corrected chi connectivity index (χ4v) is 7.67. The van der Waals surface area contributed by atoms with Crippen LogP contribution in [0.15, 0.2) is 60.8 Å². The van der Waals surface area contributed by atoms with Crippen LogP contribution in [0.25, 0.3) is 0 Å². The van der Waals surface area contributed by atoms with E-state index in [1.165, 1.54) is 19.3 Å². The first-order valence-corrected chi connectivity index (χ1v) is 24.8. The van der Waals surface area contributed by atoms with Crippen LogP contribution in [0, 0.1) is 11.8 Å². The number of hydrogen-bond acceptors (Lipinski definition) is 10. The van der Waals surface area contributed by atoms with Crippen molar-refractivity contribution in [3.05, 3.63) is 60.8 Å². The quantitative estimate of drug-likeness (QED) is 0.0154. The van der Waals surface area contributed by atoms with E-state index in [9.17, 15) is 34.4 Å². The number of phosphoric acid groups is 1. The maximum atomic E-state index is 12.8. The second kappa shape index (κ2) is 35.0. The molecule has 0 amide bonds. The minimum absolute atomic E-state index is 0.0178. The molecule has 352 valence electrons. The first-order valence-electron chi connectivity index (χ1n) is 23.3. The Morgan fingerprint density at radius 1 is 0.721 bits per heavy atom. The molecule has 12 nitrogen and oxygen atoms in total. The van der Waals surface area contributed by atoms with Gasteiger partial charge in [-0.1, -0.05) is 126 Å². The number of hydrogen-bond donors (Lipinski definition) is 4. The Kier molecular flexibility index (Phi) is 32.5. The van der Waals surface area contributed by atoms with Gasteiger partial charge in [-0.25, -0.2) is 4.57 Å². The Morgan fingerprint density at radius 2 is 1.31 bits per heavy atom. The van der Waals surface area contributed by atoms with E-state index in [0.717, 1.165) is 70.6 Å². The lowest BCUT2D eigenvalue weighted by Gasteiger charge is -2.24. The van der Waals surface area contributed by atoms with E-state index >= 15 is 0 Å². The van der Waals surface area contributed by atoms with Crippen LogP contribution in [0.4, 0.5) is 0 Å². The second-order valence-corrected chi connectivity index (χ2v) is 18.9. The minimum atomic E-state index is -4.45. The lowest BCUT2D eigenvalue weighted by atomic mass is 9.88. The van der Waals surface area contributed by atoms with E-state index < -0.39 is 50.8 Å². The van der Waals surface area contributed by atoms with Crippen molar-refractivity contribution in [2.45, 2.75) is 173 Å². The summed E-state index contributed by atoms with van der Waals surface area (Å²) in [5.41, 5.74) is 0. The normalized spacial score (nSPS) is 20.7. The molecular formula is C48H85NO11P+. The zero-order valence-corrected chi connectivity index (χ0v) is 39.4. The highest BCUT2D eigenvalue weighted by Gasteiger charge is 2.39. The molecule has 61 heavy (non-hydrogen) atoms. The Balaban J connectivity index is 2.50. The Morgan fingerprint density at radius 3 is 1.95 bits per heavy atom. The standard InChI is InChI=1S/C48H84NO11P/c1-6-8-10-11-12-13-14-15-16-17-18-19-20-21-22-23-28-32-47(53)57-39-42(40-59-61(55,56)58-37-36-49(3,4)5)60-48(54)33-29-25-24-27-31-43-44(46(52)38-45(43)51)35-34-41(50)30-26-9-7-2/h12-13,15-16,18-19,21-22,34-35,41-46,50-52H,6-11,14,17,20,23-33,36-40H2,1-5H3/p+1/b13-12-,16-15-,19-18-,22-21-,35-34+/t41-,42+,43+,44+,45-,46+/m0/s1. The molecule has 0 aliphatic heterocycles. The van der Waals surface area contributed by atoms with Crippen molar-refractivity contribution in [3.63, 3.8) is 0 Å². The topological polar surface area (TPSA) is 169 Å². The van der Waals surface area contributed by atoms with Gasteiger partial charge < -0.3 is 34.2 Å². The molecule has 0 spiro atoms. The van der Waals surface area contributed by atoms with Crippen LogP contribution in [0.5, 0.6) is 0 Å². The molecule has 13 heteroatoms. The second-order valence-electron chi connectivity index (χ2n) is 17.4. The number of ether oxygens (including phenoxy) is 2. The number of allylic oxidation sites excluding steroid dienone is 8. The molecule has 0 radical (unpaired) electrons. The number of likely N-dealkylation sites (N-methyl/N-ethyl adjacent to an activating group) is 1. The largest absolute Gasteiger partial charge is 0.472 e. The third kappa shape index (κ3) is 32.0. The monoisotopic (exact) mass is 883 g/mol. The highest BCUT2D eigenvalue weighted by molar-refractivity contribution is 7.47. The van der Waals surface area contributed by atoms with Gasteiger partial charge in [0.1, 0.15) is 19.8 Å². The molecule has 0 heterocycles. The van der Waals surface area contributed by atoms with Crippen LogP contribution in [0.3, 0.4) is 0 Å². The smallest absolute Gasteiger partial charge is 0.462 e. The lowest BCUT2D eigenvalue weighted by molar-refractivity contribution is -0.870. The minimum Gasteiger partial charge on any atom is -0.462 e. The van der Waals surface area contributed by atoms with E-state index in [0.29, 0.717) is 43.1 Å². The van der Waals surface area contributed by atoms with Crippen molar-refractivity contribution in [1.82, 2.24) is 0 Å². The molecule has 1 aliphatic rings. The van der Waals surface area contributed by atoms with E-state index in [2.05, 4.69) is 56.4 Å². The van der Waals surface area contributed by atoms with Crippen LogP contribution < -0.4 is 0 Å². The van der Waals surface area contributed by atoms with Crippen molar-refractivity contribution in [2.24, 2.45) is 11.8 Å². The molecule has 1 rings (SSSR count). The summed E-state index contributed by atoms with van der Waals surface area (Å²) in [5.74, 6) is -1.31. The highest BCUT2D eigenvalue weighted by Crippen LogP contribution is 2.43. The van der Waals surface area contributed by atoms with Gasteiger partial charge in [-0.15, -0.1) is 0 Å². The van der Waals surface area contributed by atoms with Gasteiger partial charge >= 0.3 is 19.8 Å². The van der Waals surface area contributed by atoms with Crippen LogP contribution in [0.1, 0.15) is 149 Å². The molecular weight excluding hydrogens is 797 g/mol. The van der Waals surface area contributed by atoms with Crippen molar-refractivity contribution in [3.8, 4) is 0 Å². The molecule has 7 atom stereocenters. The number of nitrogens with zero attached hydrogens (tertiary/aromatic N) is 1. The lowest BCUT2D eigenvalue weighted by Crippen LogP contribution is -2.37. The van der Waals surface area contributed by atoms with Gasteiger partial charge in [-0.2, -0.15) is 0 Å². The zero-order chi connectivity index (χ0) is 45.2. The summed E-state index contributed by atoms with van der Waals surface area (Å²) in [7, 11) is 1.31. The summed E-state index contributed by atoms with van der Waals surface area (Å²) >= 11 is 0. The highest BCUT2D eigenvalue weighted by atomic mass is 31.2. The third-order valence-corrected chi connectivity index (χ3v) is 11.6. The van der Waals surface area contributed by atoms with Crippen molar-refractivity contribution in [2.75, 3.05) is 47.5 Å². The van der Waals surface area contributed by atoms with Crippen molar-refractivity contribution < 1.29 is 57.4 Å². The number of phosphoric ester groups is 1. The molecule has 0 aromatic rings. The van der Waals surface area contributed by atoms with Crippen molar-refractivity contribution in [1.29, 1.82) is 0 Å². The molecule has 1 fully saturated rings. The Bertz CT molecular complexity index is 1340. The average molecular weight is 883 g/mol. The summed E-state index contributed by atoms with van der Waals surface area (Å²) in [6.45, 7) is 3.97. The van der Waals surface area contributed by atoms with Crippen molar-refractivity contribution >= 4 is 19.8 Å². The number of carbonyl (C=O) groups excluding carboxylic acids is 2. The predicted molar refractivity (Wildman–Crippen MR) is 244 cm³/mol. The van der Waals surface area contributed by atoms with Gasteiger partial charge in [0.25, 0.3) is 0 Å². The van der Waals surface area contributed by atoms with E-state index in [-0.39, 0.29) is 37.9 Å². The number of carbonyl (C=O) groups is 2. The third-order valence-electron chi connectivity index (χ3n) is 10.6. The number of quaternary nitrogens is 1. The zero-order valence-electron chi connectivity index (χ0n) is 38.5. The Labute approximate surface area is 369 Å². The molecule has 0 aromatic carbocycles. The fourth-order valence-electron chi connectivity index (χ4n) is 6.93. The van der Waals surface area contributed by atoms with Crippen LogP contribution in [0.2, 0.25) is 0 Å². The van der Waals surface area contributed by atoms with Gasteiger partial charge in [0.05, 0.1) is 46.1 Å². The maximum absolute atomic E-state index is 12.8. The van der Waals surface area contributed by atoms with Gasteiger partial charge in [0.15, 0.2) is 6.10 Å². The molecule has 1 unspecified atom stereocenters. The number of aliphatic hydroxyl groups is 3. The molecule has 1 aliphatic carbocycles. The fraction of sp³-hybridized carbons (Fsp3) is 0.750. The Hall–Kier alpha value is -2.41. The van der Waals surface area contributed by atoms with Gasteiger partial charge in [-0.3, -0.25) is 18.6 Å². The molecule has 0 saturated heterocycles. The summed E-state index contributed by atoms with van der Waals surface area (Å²) in [5, 5.41) is 31.5. The van der Waals surface area contributed by atoms with Gasteiger partial charge in [0, 0.05) is 25.2 Å². The number of unbranched alkanes of at least 4 members (excludes halogenated alkanes) is 9. The molecule has 1 saturated carbocycles. The van der Waals surface area contributed by atoms with Gasteiger partial charge in [0.2, 0.25) is 0 Å². The van der Waals surface area contributed by atoms with Crippen LogP contribution in [-0.2, 0) is 32.7 Å². The SMILES string of the molecule is CCCCC/C=C\C/C=C\C/C=C\C/C=C\CCCC(=O)OC[C@H](COP(=O)(O)OCC[N+](C)(C)C)OC(=O)CCCCCC[C@@H]1[C@@H](/C=C/[C@@H](O)CCCCC)[C@H](O)C[C@@H]1O. The van der Waals surface area contributed by atoms with E-state index in [1.54, 1.807) is 6.08 Å². The van der Waals surface area contributed by atoms with E-state index in [4.69, 9.17) is 18.5 Å². The van der Waals surface area contributed by atoms with Crippen LogP contribution in [-0.4, -0.2) is 109 Å². The summed E-state index contributed by atoms with van der Waals surface area (Å²) in [6.07, 6.45) is 34.8. The number of esters is 2. The summed E-state index contributed by atoms with van der Waals surface area (Å²) < 4.78 is 34.3. The van der Waals surface area contributed by atoms with Gasteiger partial charge in [-0.05, 0) is 70.1 Å². The van der Waals surface area contributed by atoms with Crippen LogP contribution >= 0.6 is 7.82 Å². The van der Waals surface area contributed by atoms with E-state index in [1.807, 2.05) is 33.3 Å². The summed E-state index contributed by atoms with van der Waals surface area (Å²) in [4.78, 5) is 35.6. The molecule has 4 N–H and O–H groups in total. The number of rotatable bonds is 37. The first-order chi connectivity index (χ1) is 29.2. The first kappa shape index (κ1) is 56.6. The predicted octanol–water partition coefficient (Wildman–Crippen LogP) is 9.62. The number of aliphatic hydroxyl groups excluding tert-OH is 3.